The SMILES string of the molecule is CC(C)c1ccc(F)c(C#N)c1.CC(C)c1cccc(Br)c1F.CC(C)c1cccc(C#N)c1F.CC(C)c1cccc(C2CC2)c1.CC(C)c1ccnc(Cl)c1F.CC1CCCC(C(C)C)C1.Cc1cccc(C(C)C)c1. The Labute approximate surface area is 482 Å². The number of benzene rings is 5. The van der Waals surface area contributed by atoms with Crippen LogP contribution >= 0.6 is 27.5 Å². The van der Waals surface area contributed by atoms with Crippen LogP contribution in [0, 0.1) is 70.6 Å². The minimum atomic E-state index is -0.443. The van der Waals surface area contributed by atoms with Crippen molar-refractivity contribution >= 4 is 27.5 Å². The first-order chi connectivity index (χ1) is 36.7. The smallest absolute Gasteiger partial charge is 0.165 e. The molecule has 0 amide bonds. The summed E-state index contributed by atoms with van der Waals surface area (Å²) >= 11 is 8.61. The third kappa shape index (κ3) is 24.4. The Hall–Kier alpha value is -5.28. The van der Waals surface area contributed by atoms with Crippen LogP contribution in [0.25, 0.3) is 0 Å². The summed E-state index contributed by atoms with van der Waals surface area (Å²) in [6.07, 6.45) is 10.2. The summed E-state index contributed by atoms with van der Waals surface area (Å²) in [5, 5.41) is 17.0. The third-order valence-corrected chi connectivity index (χ3v) is 14.8. The highest BCUT2D eigenvalue weighted by molar-refractivity contribution is 9.10. The number of rotatable bonds is 8. The van der Waals surface area contributed by atoms with E-state index in [0.717, 1.165) is 34.8 Å². The Bertz CT molecular complexity index is 2720. The minimum absolute atomic E-state index is 0.0452. The first-order valence-electron chi connectivity index (χ1n) is 28.0. The van der Waals surface area contributed by atoms with Gasteiger partial charge in [-0.2, -0.15) is 10.5 Å². The van der Waals surface area contributed by atoms with Gasteiger partial charge in [0, 0.05) is 6.20 Å². The molecule has 0 radical (unpaired) electrons. The van der Waals surface area contributed by atoms with Crippen LogP contribution in [0.5, 0.6) is 0 Å². The first kappa shape index (κ1) is 68.8. The van der Waals surface area contributed by atoms with Gasteiger partial charge in [0.2, 0.25) is 0 Å². The molecule has 78 heavy (non-hydrogen) atoms. The lowest BCUT2D eigenvalue weighted by Crippen LogP contribution is -2.17. The van der Waals surface area contributed by atoms with Crippen molar-refractivity contribution in [1.29, 1.82) is 10.5 Å². The Kier molecular flexibility index (Phi) is 31.2. The van der Waals surface area contributed by atoms with Crippen molar-refractivity contribution in [3.05, 3.63) is 204 Å². The molecule has 0 aliphatic heterocycles. The summed E-state index contributed by atoms with van der Waals surface area (Å²) in [7, 11) is 0. The van der Waals surface area contributed by atoms with Crippen LogP contribution in [-0.2, 0) is 0 Å². The number of halogens is 6. The summed E-state index contributed by atoms with van der Waals surface area (Å²) in [6.45, 7) is 33.8. The Morgan fingerprint density at radius 3 is 1.49 bits per heavy atom. The van der Waals surface area contributed by atoms with Crippen LogP contribution in [0.1, 0.15) is 239 Å². The van der Waals surface area contributed by atoms with E-state index in [2.05, 4.69) is 125 Å². The van der Waals surface area contributed by atoms with Gasteiger partial charge in [0.15, 0.2) is 11.0 Å². The second-order valence-corrected chi connectivity index (χ2v) is 24.1. The zero-order chi connectivity index (χ0) is 58.8. The Balaban J connectivity index is 0.000000312. The van der Waals surface area contributed by atoms with Gasteiger partial charge in [-0.15, -0.1) is 0 Å². The van der Waals surface area contributed by atoms with Gasteiger partial charge in [-0.1, -0.05) is 219 Å². The molecule has 2 aliphatic carbocycles. The topological polar surface area (TPSA) is 60.5 Å². The number of hydrogen-bond donors (Lipinski definition) is 0. The maximum Gasteiger partial charge on any atom is 0.165 e. The fourth-order valence-corrected chi connectivity index (χ4v) is 9.17. The highest BCUT2D eigenvalue weighted by Gasteiger charge is 2.24. The van der Waals surface area contributed by atoms with Crippen molar-refractivity contribution in [3.8, 4) is 12.1 Å². The molecule has 0 saturated heterocycles. The summed E-state index contributed by atoms with van der Waals surface area (Å²) in [5.74, 6) is 4.66. The molecule has 8 rings (SSSR count). The van der Waals surface area contributed by atoms with Crippen molar-refractivity contribution in [3.63, 3.8) is 0 Å². The van der Waals surface area contributed by atoms with Gasteiger partial charge in [-0.3, -0.25) is 0 Å². The molecule has 6 aromatic rings. The molecule has 2 unspecified atom stereocenters. The van der Waals surface area contributed by atoms with Gasteiger partial charge in [-0.05, 0) is 171 Å². The van der Waals surface area contributed by atoms with E-state index in [1.54, 1.807) is 42.0 Å². The molecule has 422 valence electrons. The predicted molar refractivity (Wildman–Crippen MR) is 326 cm³/mol. The highest BCUT2D eigenvalue weighted by Crippen LogP contribution is 2.40. The standard InChI is InChI=1S/C12H16.2C10H10FN.C10H20.C10H14.C9H10BrF.C8H9ClFN/c1-9(2)11-4-3-5-12(8-11)10-6-7-10;1-7(2)8-3-4-10(11)9(5-8)6-12;1-7(2)9-5-3-4-8(6-12)10(9)11;2*1-8(2)10-6-4-5-9(3)7-10;1-6(2)7-4-3-5-8(10)9(7)11;1-5(2)6-3-4-11-8(9)7(6)10/h3-5,8-10H,6-7H2,1-2H3;2*3-5,7H,1-2H3;8-10H,4-7H2,1-3H3;4-8H,1-3H3;3-6H,1-2H3;3-5H,1-2H3. The van der Waals surface area contributed by atoms with Gasteiger partial charge in [0.1, 0.15) is 29.6 Å². The molecule has 3 nitrogen and oxygen atoms in total. The normalized spacial score (nSPS) is 14.4. The van der Waals surface area contributed by atoms with E-state index in [-0.39, 0.29) is 45.7 Å². The zero-order valence-electron chi connectivity index (χ0n) is 49.6. The summed E-state index contributed by atoms with van der Waals surface area (Å²) in [5.41, 5.74) is 9.06. The van der Waals surface area contributed by atoms with Crippen LogP contribution < -0.4 is 0 Å². The molecule has 0 spiro atoms. The lowest BCUT2D eigenvalue weighted by atomic mass is 9.77. The van der Waals surface area contributed by atoms with Gasteiger partial charge in [0.25, 0.3) is 0 Å². The van der Waals surface area contributed by atoms with Gasteiger partial charge < -0.3 is 0 Å². The van der Waals surface area contributed by atoms with Crippen LogP contribution in [0.15, 0.2) is 120 Å². The molecular weight excluding hydrogens is 1060 g/mol. The molecule has 5 aromatic carbocycles. The van der Waals surface area contributed by atoms with E-state index >= 15 is 0 Å². The largest absolute Gasteiger partial charge is 0.242 e. The molecule has 0 bridgehead atoms. The van der Waals surface area contributed by atoms with Gasteiger partial charge >= 0.3 is 0 Å². The highest BCUT2D eigenvalue weighted by atomic mass is 79.9. The molecule has 0 N–H and O–H groups in total. The fourth-order valence-electron chi connectivity index (χ4n) is 8.62. The van der Waals surface area contributed by atoms with Crippen molar-refractivity contribution in [2.24, 2.45) is 17.8 Å². The van der Waals surface area contributed by atoms with E-state index in [0.29, 0.717) is 33.4 Å². The van der Waals surface area contributed by atoms with Crippen LogP contribution in [0.2, 0.25) is 5.15 Å². The molecule has 1 heterocycles. The summed E-state index contributed by atoms with van der Waals surface area (Å²) in [4.78, 5) is 3.61. The maximum atomic E-state index is 13.3. The van der Waals surface area contributed by atoms with Crippen molar-refractivity contribution < 1.29 is 17.6 Å². The summed E-state index contributed by atoms with van der Waals surface area (Å²) < 4.78 is 52.9. The van der Waals surface area contributed by atoms with Gasteiger partial charge in [-0.25, -0.2) is 22.5 Å². The van der Waals surface area contributed by atoms with Crippen LogP contribution in [-0.4, -0.2) is 4.98 Å². The Morgan fingerprint density at radius 2 is 1.04 bits per heavy atom. The van der Waals surface area contributed by atoms with Crippen LogP contribution in [0.4, 0.5) is 17.6 Å². The summed E-state index contributed by atoms with van der Waals surface area (Å²) in [6, 6.07) is 37.9. The lowest BCUT2D eigenvalue weighted by Gasteiger charge is -2.29. The number of nitriles is 2. The molecule has 1 aromatic heterocycles. The van der Waals surface area contributed by atoms with E-state index in [4.69, 9.17) is 22.1 Å². The quantitative estimate of drug-likeness (QED) is 0.113. The molecule has 2 atom stereocenters. The third-order valence-electron chi connectivity index (χ3n) is 13.9. The molecule has 2 fully saturated rings. The average Bonchev–Trinajstić information content (AvgIpc) is 4.25. The van der Waals surface area contributed by atoms with Crippen molar-refractivity contribution in [2.75, 3.05) is 0 Å². The zero-order valence-corrected chi connectivity index (χ0v) is 51.9. The van der Waals surface area contributed by atoms with Gasteiger partial charge in [0.05, 0.1) is 15.6 Å². The number of aryl methyl sites for hydroxylation is 1. The maximum absolute atomic E-state index is 13.3. The number of aromatic nitrogens is 1. The second kappa shape index (κ2) is 35.4. The molecule has 2 saturated carbocycles. The van der Waals surface area contributed by atoms with Crippen molar-refractivity contribution in [2.45, 2.75) is 191 Å². The molecular formula is C69H89BrClF4N3. The number of nitrogens with zero attached hydrogens (tertiary/aromatic N) is 3. The fraction of sp³-hybridized carbons (Fsp3) is 0.464. The number of pyridine rings is 1. The predicted octanol–water partition coefficient (Wildman–Crippen LogP) is 22.6. The van der Waals surface area contributed by atoms with Crippen LogP contribution in [0.3, 0.4) is 0 Å². The minimum Gasteiger partial charge on any atom is -0.242 e. The molecule has 2 aliphatic rings. The average molecular weight is 1150 g/mol. The first-order valence-corrected chi connectivity index (χ1v) is 29.2. The molecule has 9 heteroatoms. The Morgan fingerprint density at radius 1 is 0.538 bits per heavy atom. The van der Waals surface area contributed by atoms with E-state index in [9.17, 15) is 17.6 Å². The second-order valence-electron chi connectivity index (χ2n) is 22.9. The lowest BCUT2D eigenvalue weighted by molar-refractivity contribution is 0.226. The van der Waals surface area contributed by atoms with Crippen molar-refractivity contribution in [1.82, 2.24) is 4.98 Å². The van der Waals surface area contributed by atoms with E-state index < -0.39 is 11.6 Å². The monoisotopic (exact) mass is 1150 g/mol. The van der Waals surface area contributed by atoms with E-state index in [1.807, 2.05) is 79.7 Å². The number of hydrogen-bond acceptors (Lipinski definition) is 3. The van der Waals surface area contributed by atoms with E-state index in [1.165, 1.54) is 73.5 Å².